The van der Waals surface area contributed by atoms with Gasteiger partial charge in [0.05, 0.1) is 5.25 Å². The van der Waals surface area contributed by atoms with Gasteiger partial charge in [0, 0.05) is 36.8 Å². The molecule has 74 valence electrons. The highest BCUT2D eigenvalue weighted by atomic mass is 32.2. The lowest BCUT2D eigenvalue weighted by molar-refractivity contribution is 0.0988. The second-order valence-electron chi connectivity index (χ2n) is 3.17. The van der Waals surface area contributed by atoms with Gasteiger partial charge >= 0.3 is 0 Å². The fourth-order valence-electron chi connectivity index (χ4n) is 1.43. The third-order valence-electron chi connectivity index (χ3n) is 2.17. The summed E-state index contributed by atoms with van der Waals surface area (Å²) in [5.74, 6) is 1.20. The van der Waals surface area contributed by atoms with Crippen molar-refractivity contribution in [2.45, 2.75) is 5.25 Å². The van der Waals surface area contributed by atoms with Crippen molar-refractivity contribution in [1.82, 2.24) is 10.3 Å². The van der Waals surface area contributed by atoms with Crippen LogP contribution < -0.4 is 5.32 Å². The smallest absolute Gasteiger partial charge is 0.178 e. The summed E-state index contributed by atoms with van der Waals surface area (Å²) in [6, 6.07) is 3.62. The van der Waals surface area contributed by atoms with Gasteiger partial charge in [0.1, 0.15) is 0 Å². The Morgan fingerprint density at radius 3 is 3.21 bits per heavy atom. The monoisotopic (exact) mass is 208 g/mol. The zero-order valence-electron chi connectivity index (χ0n) is 7.77. The van der Waals surface area contributed by atoms with Crippen LogP contribution in [0.25, 0.3) is 0 Å². The predicted molar refractivity (Wildman–Crippen MR) is 57.7 cm³/mol. The van der Waals surface area contributed by atoms with Crippen LogP contribution in [0, 0.1) is 0 Å². The number of thioether (sulfide) groups is 1. The molecule has 2 heterocycles. The first-order valence-electron chi connectivity index (χ1n) is 4.64. The van der Waals surface area contributed by atoms with Crippen LogP contribution in [-0.4, -0.2) is 34.9 Å². The number of hydrogen-bond acceptors (Lipinski definition) is 4. The van der Waals surface area contributed by atoms with Crippen molar-refractivity contribution in [3.05, 3.63) is 30.1 Å². The SMILES string of the molecule is O=C(c1cccnc1)C1CNCCS1. The third kappa shape index (κ3) is 2.13. The number of hydrogen-bond donors (Lipinski definition) is 1. The summed E-state index contributed by atoms with van der Waals surface area (Å²) in [6.07, 6.45) is 3.32. The number of aromatic nitrogens is 1. The van der Waals surface area contributed by atoms with Gasteiger partial charge in [0.2, 0.25) is 0 Å². The Morgan fingerprint density at radius 2 is 2.57 bits per heavy atom. The Bertz CT molecular complexity index is 309. The van der Waals surface area contributed by atoms with Crippen LogP contribution in [0.3, 0.4) is 0 Å². The van der Waals surface area contributed by atoms with Crippen LogP contribution in [-0.2, 0) is 0 Å². The molecule has 0 spiro atoms. The lowest BCUT2D eigenvalue weighted by Gasteiger charge is -2.20. The van der Waals surface area contributed by atoms with Crippen molar-refractivity contribution in [3.8, 4) is 0 Å². The number of nitrogens with zero attached hydrogens (tertiary/aromatic N) is 1. The minimum Gasteiger partial charge on any atom is -0.314 e. The topological polar surface area (TPSA) is 42.0 Å². The van der Waals surface area contributed by atoms with Crippen molar-refractivity contribution in [1.29, 1.82) is 0 Å². The summed E-state index contributed by atoms with van der Waals surface area (Å²) in [5, 5.41) is 3.29. The number of rotatable bonds is 2. The molecule has 1 aliphatic heterocycles. The first-order chi connectivity index (χ1) is 6.88. The van der Waals surface area contributed by atoms with Gasteiger partial charge in [-0.1, -0.05) is 0 Å². The highest BCUT2D eigenvalue weighted by Crippen LogP contribution is 2.17. The van der Waals surface area contributed by atoms with Crippen LogP contribution in [0.1, 0.15) is 10.4 Å². The molecule has 0 aliphatic carbocycles. The summed E-state index contributed by atoms with van der Waals surface area (Å²) < 4.78 is 0. The molecular formula is C10H12N2OS. The number of carbonyl (C=O) groups is 1. The van der Waals surface area contributed by atoms with E-state index in [4.69, 9.17) is 0 Å². The summed E-state index contributed by atoms with van der Waals surface area (Å²) >= 11 is 1.73. The molecule has 1 aromatic rings. The fraction of sp³-hybridized carbons (Fsp3) is 0.400. The molecule has 0 aromatic carbocycles. The molecule has 0 saturated carbocycles. The van der Waals surface area contributed by atoms with E-state index >= 15 is 0 Å². The van der Waals surface area contributed by atoms with E-state index in [2.05, 4.69) is 10.3 Å². The van der Waals surface area contributed by atoms with Crippen molar-refractivity contribution in [3.63, 3.8) is 0 Å². The van der Waals surface area contributed by atoms with Crippen molar-refractivity contribution in [2.75, 3.05) is 18.8 Å². The van der Waals surface area contributed by atoms with Gasteiger partial charge in [-0.2, -0.15) is 0 Å². The molecule has 1 aromatic heterocycles. The molecular weight excluding hydrogens is 196 g/mol. The maximum absolute atomic E-state index is 11.9. The second kappa shape index (κ2) is 4.57. The molecule has 1 fully saturated rings. The van der Waals surface area contributed by atoms with Gasteiger partial charge in [-0.25, -0.2) is 0 Å². The fourth-order valence-corrected chi connectivity index (χ4v) is 2.50. The molecule has 1 N–H and O–H groups in total. The van der Waals surface area contributed by atoms with Gasteiger partial charge in [-0.05, 0) is 12.1 Å². The Kier molecular flexibility index (Phi) is 3.16. The molecule has 1 unspecified atom stereocenters. The molecule has 3 nitrogen and oxygen atoms in total. The molecule has 0 radical (unpaired) electrons. The first-order valence-corrected chi connectivity index (χ1v) is 5.69. The maximum Gasteiger partial charge on any atom is 0.178 e. The Hall–Kier alpha value is -0.870. The Balaban J connectivity index is 2.07. The molecule has 4 heteroatoms. The Labute approximate surface area is 87.3 Å². The Morgan fingerprint density at radius 1 is 1.64 bits per heavy atom. The molecule has 1 aliphatic rings. The van der Waals surface area contributed by atoms with E-state index in [0.29, 0.717) is 5.56 Å². The van der Waals surface area contributed by atoms with E-state index in [1.54, 1.807) is 30.2 Å². The van der Waals surface area contributed by atoms with E-state index in [1.807, 2.05) is 6.07 Å². The largest absolute Gasteiger partial charge is 0.314 e. The second-order valence-corrected chi connectivity index (χ2v) is 4.48. The number of nitrogens with one attached hydrogen (secondary N) is 1. The highest BCUT2D eigenvalue weighted by molar-refractivity contribution is 8.00. The summed E-state index contributed by atoms with van der Waals surface area (Å²) in [4.78, 5) is 15.8. The van der Waals surface area contributed by atoms with E-state index in [9.17, 15) is 4.79 Å². The van der Waals surface area contributed by atoms with Crippen LogP contribution >= 0.6 is 11.8 Å². The van der Waals surface area contributed by atoms with Crippen molar-refractivity contribution < 1.29 is 4.79 Å². The van der Waals surface area contributed by atoms with Gasteiger partial charge in [-0.3, -0.25) is 9.78 Å². The van der Waals surface area contributed by atoms with Crippen LogP contribution in [0.2, 0.25) is 0 Å². The van der Waals surface area contributed by atoms with Crippen LogP contribution in [0.4, 0.5) is 0 Å². The summed E-state index contributed by atoms with van der Waals surface area (Å²) in [6.45, 7) is 1.78. The summed E-state index contributed by atoms with van der Waals surface area (Å²) in [5.41, 5.74) is 0.716. The standard InChI is InChI=1S/C10H12N2OS/c13-10(8-2-1-3-11-6-8)9-7-12-4-5-14-9/h1-3,6,9,12H,4-5,7H2. The average Bonchev–Trinajstić information content (AvgIpc) is 2.30. The minimum absolute atomic E-state index is 0.0629. The van der Waals surface area contributed by atoms with Gasteiger partial charge in [0.15, 0.2) is 5.78 Å². The third-order valence-corrected chi connectivity index (χ3v) is 3.39. The van der Waals surface area contributed by atoms with E-state index in [1.165, 1.54) is 0 Å². The number of pyridine rings is 1. The highest BCUT2D eigenvalue weighted by Gasteiger charge is 2.22. The van der Waals surface area contributed by atoms with Crippen LogP contribution in [0.5, 0.6) is 0 Å². The average molecular weight is 208 g/mol. The first kappa shape index (κ1) is 9.68. The van der Waals surface area contributed by atoms with Crippen LogP contribution in [0.15, 0.2) is 24.5 Å². The zero-order chi connectivity index (χ0) is 9.80. The summed E-state index contributed by atoms with van der Waals surface area (Å²) in [7, 11) is 0. The quantitative estimate of drug-likeness (QED) is 0.735. The normalized spacial score (nSPS) is 21.9. The lowest BCUT2D eigenvalue weighted by Crippen LogP contribution is -2.37. The molecule has 0 amide bonds. The lowest BCUT2D eigenvalue weighted by atomic mass is 10.1. The zero-order valence-corrected chi connectivity index (χ0v) is 8.59. The molecule has 1 saturated heterocycles. The number of Topliss-reactive ketones (excluding diaryl/α,β-unsaturated/α-hetero) is 1. The van der Waals surface area contributed by atoms with E-state index in [0.717, 1.165) is 18.8 Å². The van der Waals surface area contributed by atoms with Gasteiger partial charge < -0.3 is 5.32 Å². The van der Waals surface area contributed by atoms with Crippen molar-refractivity contribution in [2.24, 2.45) is 0 Å². The van der Waals surface area contributed by atoms with Gasteiger partial charge in [-0.15, -0.1) is 11.8 Å². The van der Waals surface area contributed by atoms with E-state index in [-0.39, 0.29) is 11.0 Å². The number of ketones is 1. The predicted octanol–water partition coefficient (Wildman–Crippen LogP) is 0.969. The molecule has 0 bridgehead atoms. The van der Waals surface area contributed by atoms with E-state index < -0.39 is 0 Å². The molecule has 14 heavy (non-hydrogen) atoms. The molecule has 1 atom stereocenters. The maximum atomic E-state index is 11.9. The minimum atomic E-state index is 0.0629. The molecule has 2 rings (SSSR count). The van der Waals surface area contributed by atoms with Gasteiger partial charge in [0.25, 0.3) is 0 Å². The van der Waals surface area contributed by atoms with Crippen molar-refractivity contribution >= 4 is 17.5 Å². The number of carbonyl (C=O) groups excluding carboxylic acids is 1.